The zero-order chi connectivity index (χ0) is 62.5. The molecule has 6 aromatic rings. The van der Waals surface area contributed by atoms with Crippen LogP contribution in [0.5, 0.6) is 0 Å². The molecule has 0 saturated carbocycles. The number of amides is 1. The molecule has 3 heterocycles. The molecule has 3 aliphatic heterocycles. The van der Waals surface area contributed by atoms with Crippen molar-refractivity contribution in [2.24, 2.45) is 0 Å². The Morgan fingerprint density at radius 1 is 0.432 bits per heavy atom. The lowest BCUT2D eigenvalue weighted by molar-refractivity contribution is -0.379. The first-order valence-corrected chi connectivity index (χ1v) is 28.4. The molecule has 6 aromatic carbocycles. The van der Waals surface area contributed by atoms with Crippen LogP contribution in [0.25, 0.3) is 0 Å². The van der Waals surface area contributed by atoms with Gasteiger partial charge in [-0.2, -0.15) is 0 Å². The van der Waals surface area contributed by atoms with E-state index in [9.17, 15) is 43.8 Å². The zero-order valence-electron chi connectivity index (χ0n) is 48.5. The van der Waals surface area contributed by atoms with Gasteiger partial charge in [-0.3, -0.25) is 19.2 Å². The van der Waals surface area contributed by atoms with Gasteiger partial charge in [-0.15, -0.1) is 0 Å². The molecule has 22 heteroatoms. The number of ether oxygens (including phenoxy) is 12. The van der Waals surface area contributed by atoms with E-state index in [1.165, 1.54) is 43.3 Å². The van der Waals surface area contributed by atoms with Crippen molar-refractivity contribution in [2.75, 3.05) is 13.2 Å². The third kappa shape index (κ3) is 15.2. The van der Waals surface area contributed by atoms with Gasteiger partial charge in [0.2, 0.25) is 5.91 Å². The van der Waals surface area contributed by atoms with Crippen molar-refractivity contribution in [2.45, 2.75) is 132 Å². The van der Waals surface area contributed by atoms with E-state index in [2.05, 4.69) is 5.32 Å². The number of carbonyl (C=O) groups excluding carboxylic acids is 7. The van der Waals surface area contributed by atoms with Crippen LogP contribution in [-0.2, 0) is 81.6 Å². The second-order valence-electron chi connectivity index (χ2n) is 21.0. The average molecular weight is 1210 g/mol. The minimum absolute atomic E-state index is 0.00257. The van der Waals surface area contributed by atoms with Crippen molar-refractivity contribution in [1.29, 1.82) is 0 Å². The van der Waals surface area contributed by atoms with E-state index in [0.29, 0.717) is 16.7 Å². The van der Waals surface area contributed by atoms with Crippen molar-refractivity contribution in [3.63, 3.8) is 0 Å². The fourth-order valence-corrected chi connectivity index (χ4v) is 10.8. The number of hydrogen-bond acceptors (Lipinski definition) is 21. The van der Waals surface area contributed by atoms with Gasteiger partial charge in [0.15, 0.2) is 55.5 Å². The molecule has 0 unspecified atom stereocenters. The van der Waals surface area contributed by atoms with Crippen LogP contribution in [0.2, 0.25) is 0 Å². The van der Waals surface area contributed by atoms with Crippen LogP contribution in [0.1, 0.15) is 82.4 Å². The first-order valence-electron chi connectivity index (χ1n) is 28.4. The van der Waals surface area contributed by atoms with E-state index in [-0.39, 0.29) is 16.7 Å². The van der Waals surface area contributed by atoms with Crippen molar-refractivity contribution in [3.8, 4) is 0 Å². The van der Waals surface area contributed by atoms with Crippen LogP contribution >= 0.6 is 0 Å². The van der Waals surface area contributed by atoms with Crippen molar-refractivity contribution >= 4 is 41.7 Å². The smallest absolute Gasteiger partial charge is 0.338 e. The molecule has 1 amide bonds. The van der Waals surface area contributed by atoms with Crippen LogP contribution in [0.3, 0.4) is 0 Å². The normalized spacial score (nSPS) is 26.9. The Bertz CT molecular complexity index is 3210. The van der Waals surface area contributed by atoms with Crippen LogP contribution in [0.4, 0.5) is 0 Å². The Hall–Kier alpha value is -8.71. The van der Waals surface area contributed by atoms with Crippen molar-refractivity contribution < 1.29 is 101 Å². The molecule has 3 aliphatic rings. The Kier molecular flexibility index (Phi) is 21.3. The molecule has 0 aliphatic carbocycles. The molecule has 3 N–H and O–H groups in total. The standard InChI is InChI=1S/C66H67NO21/c1-38-53(84-60(73)43-24-12-6-13-25-43)56(85-61(74)44-26-14-7-15-27-44)58(86-62(75)45-28-16-8-17-29-45)64(79-38)88-59-57(81-42(5)71)54(80-41(4)70)50(36-77-40(3)69)83-65(59)87-55-51(67-39(2)68)63(76)82-49(52(55)72)37-78-66(46-30-18-9-19-31-46,47-32-20-10-21-33-47)48-34-22-11-23-35-48/h6-35,38,49-59,63-65,72,76H,36-37H2,1-5H3,(H,67,68)/t38-,49+,50+,51+,52+,53+,54-,55+,56+,57-,58-,59+,63+,64-,65-/m0/s1. The summed E-state index contributed by atoms with van der Waals surface area (Å²) in [6.45, 7) is 4.59. The number of aliphatic hydroxyl groups excluding tert-OH is 2. The number of rotatable bonds is 21. The van der Waals surface area contributed by atoms with Crippen LogP contribution in [0.15, 0.2) is 182 Å². The predicted molar refractivity (Wildman–Crippen MR) is 307 cm³/mol. The van der Waals surface area contributed by atoms with Crippen molar-refractivity contribution in [1.82, 2.24) is 5.32 Å². The number of esters is 6. The Morgan fingerprint density at radius 3 is 1.27 bits per heavy atom. The number of carbonyl (C=O) groups is 7. The molecule has 22 nitrogen and oxygen atoms in total. The summed E-state index contributed by atoms with van der Waals surface area (Å²) >= 11 is 0. The number of nitrogens with one attached hydrogen (secondary N) is 1. The van der Waals surface area contributed by atoms with Gasteiger partial charge >= 0.3 is 35.8 Å². The van der Waals surface area contributed by atoms with Gasteiger partial charge in [0.25, 0.3) is 0 Å². The lowest BCUT2D eigenvalue weighted by Gasteiger charge is -2.50. The predicted octanol–water partition coefficient (Wildman–Crippen LogP) is 5.92. The molecule has 0 bridgehead atoms. The van der Waals surface area contributed by atoms with Gasteiger partial charge in [0.1, 0.15) is 42.7 Å². The molecular weight excluding hydrogens is 1140 g/mol. The SMILES string of the molecule is CC(=O)N[C@@H]1[C@@H](O[C@@H]2O[C@H](COC(C)=O)[C@H](OC(C)=O)[C@H](OC(C)=O)[C@H]2O[C@@H]2O[C@@H](C)[C@@H](OC(=O)c3ccccc3)[C@@H](OC(=O)c3ccccc3)[C@@H]2OC(=O)c2ccccc2)[C@H](O)[C@@H](COC(c2ccccc2)(c2ccccc2)c2ccccc2)O[C@H]1O. The summed E-state index contributed by atoms with van der Waals surface area (Å²) in [5.74, 6) is -6.35. The van der Waals surface area contributed by atoms with E-state index in [0.717, 1.165) is 27.7 Å². The lowest BCUT2D eigenvalue weighted by Crippen LogP contribution is -2.69. The van der Waals surface area contributed by atoms with Gasteiger partial charge in [0.05, 0.1) is 29.4 Å². The van der Waals surface area contributed by atoms with Crippen molar-refractivity contribution in [3.05, 3.63) is 215 Å². The Labute approximate surface area is 506 Å². The first-order chi connectivity index (χ1) is 42.4. The minimum atomic E-state index is -2.06. The summed E-state index contributed by atoms with van der Waals surface area (Å²) in [6, 6.07) is 49.4. The Morgan fingerprint density at radius 2 is 0.830 bits per heavy atom. The quantitative estimate of drug-likeness (QED) is 0.0428. The van der Waals surface area contributed by atoms with Gasteiger partial charge in [0, 0.05) is 27.7 Å². The molecule has 3 fully saturated rings. The number of aliphatic hydroxyl groups is 2. The molecule has 15 atom stereocenters. The Balaban J connectivity index is 1.15. The third-order valence-electron chi connectivity index (χ3n) is 14.8. The summed E-state index contributed by atoms with van der Waals surface area (Å²) in [5.41, 5.74) is 0.785. The molecule has 3 saturated heterocycles. The highest BCUT2D eigenvalue weighted by molar-refractivity contribution is 5.91. The minimum Gasteiger partial charge on any atom is -0.463 e. The monoisotopic (exact) mass is 1210 g/mol. The van der Waals surface area contributed by atoms with Crippen LogP contribution in [-0.4, -0.2) is 157 Å². The van der Waals surface area contributed by atoms with Crippen LogP contribution in [0, 0.1) is 0 Å². The maximum Gasteiger partial charge on any atom is 0.338 e. The molecule has 88 heavy (non-hydrogen) atoms. The summed E-state index contributed by atoms with van der Waals surface area (Å²) < 4.78 is 75.7. The highest BCUT2D eigenvalue weighted by Gasteiger charge is 2.59. The largest absolute Gasteiger partial charge is 0.463 e. The number of benzene rings is 6. The summed E-state index contributed by atoms with van der Waals surface area (Å²) in [5, 5.41) is 27.4. The zero-order valence-corrected chi connectivity index (χ0v) is 48.5. The van der Waals surface area contributed by atoms with E-state index in [1.807, 2.05) is 91.0 Å². The highest BCUT2D eigenvalue weighted by Crippen LogP contribution is 2.42. The maximum atomic E-state index is 14.4. The van der Waals surface area contributed by atoms with Gasteiger partial charge in [-0.05, 0) is 60.0 Å². The molecule has 462 valence electrons. The molecule has 0 spiro atoms. The molecule has 0 radical (unpaired) electrons. The summed E-state index contributed by atoms with van der Waals surface area (Å²) in [4.78, 5) is 95.0. The second kappa shape index (κ2) is 29.3. The fraction of sp³-hybridized carbons (Fsp3) is 0.348. The number of hydrogen-bond donors (Lipinski definition) is 3. The van der Waals surface area contributed by atoms with E-state index >= 15 is 0 Å². The fourth-order valence-electron chi connectivity index (χ4n) is 10.8. The summed E-state index contributed by atoms with van der Waals surface area (Å²) in [6.07, 6.45) is -25.1. The van der Waals surface area contributed by atoms with E-state index in [1.54, 1.807) is 54.6 Å². The average Bonchev–Trinajstić information content (AvgIpc) is 0.943. The lowest BCUT2D eigenvalue weighted by atomic mass is 9.80. The molecule has 0 aromatic heterocycles. The topological polar surface area (TPSA) is 283 Å². The highest BCUT2D eigenvalue weighted by atomic mass is 16.8. The second-order valence-corrected chi connectivity index (χ2v) is 21.0. The van der Waals surface area contributed by atoms with Gasteiger partial charge in [-0.1, -0.05) is 146 Å². The maximum absolute atomic E-state index is 14.4. The van der Waals surface area contributed by atoms with Crippen LogP contribution < -0.4 is 5.32 Å². The molecular formula is C66H67NO21. The first kappa shape index (κ1) is 63.8. The molecule has 9 rings (SSSR count). The third-order valence-corrected chi connectivity index (χ3v) is 14.8. The van der Waals surface area contributed by atoms with E-state index < -0.39 is 153 Å². The van der Waals surface area contributed by atoms with Gasteiger partial charge in [-0.25, -0.2) is 14.4 Å². The van der Waals surface area contributed by atoms with E-state index in [4.69, 9.17) is 56.8 Å². The summed E-state index contributed by atoms with van der Waals surface area (Å²) in [7, 11) is 0. The van der Waals surface area contributed by atoms with Gasteiger partial charge < -0.3 is 72.4 Å².